The molecule has 0 N–H and O–H groups in total. The van der Waals surface area contributed by atoms with E-state index < -0.39 is 0 Å². The molecule has 3 rings (SSSR count). The van der Waals surface area contributed by atoms with Gasteiger partial charge in [-0.2, -0.15) is 0 Å². The molecular formula is C18H22BrN3O2. The number of amides is 1. The number of hydrogen-bond donors (Lipinski definition) is 0. The average molecular weight is 392 g/mol. The SMILES string of the molecule is CN(C)C(=O)C1CCCN(Cc2coc(-c3ccc(Br)cc3)n2)C1. The molecular weight excluding hydrogens is 370 g/mol. The number of piperidine rings is 1. The standard InChI is InChI=1S/C18H22BrN3O2/c1-21(2)18(23)14-4-3-9-22(10-14)11-16-12-24-17(20-16)13-5-7-15(19)8-6-13/h5-8,12,14H,3-4,9-11H2,1-2H3. The third kappa shape index (κ3) is 4.05. The Hall–Kier alpha value is -1.66. The number of carbonyl (C=O) groups is 1. The van der Waals surface area contributed by atoms with Gasteiger partial charge in [0.05, 0.1) is 11.6 Å². The van der Waals surface area contributed by atoms with Crippen molar-refractivity contribution in [2.24, 2.45) is 5.92 Å². The summed E-state index contributed by atoms with van der Waals surface area (Å²) in [5.41, 5.74) is 1.87. The van der Waals surface area contributed by atoms with Crippen LogP contribution in [0.25, 0.3) is 11.5 Å². The number of benzene rings is 1. The van der Waals surface area contributed by atoms with Gasteiger partial charge in [0.15, 0.2) is 0 Å². The zero-order chi connectivity index (χ0) is 17.1. The van der Waals surface area contributed by atoms with Crippen molar-refractivity contribution < 1.29 is 9.21 Å². The van der Waals surface area contributed by atoms with Gasteiger partial charge in [-0.05, 0) is 43.7 Å². The van der Waals surface area contributed by atoms with Crippen LogP contribution in [0.1, 0.15) is 18.5 Å². The molecule has 1 aliphatic rings. The second kappa shape index (κ2) is 7.49. The summed E-state index contributed by atoms with van der Waals surface area (Å²) >= 11 is 3.43. The van der Waals surface area contributed by atoms with Crippen LogP contribution in [-0.2, 0) is 11.3 Å². The molecule has 0 saturated carbocycles. The van der Waals surface area contributed by atoms with Gasteiger partial charge in [-0.1, -0.05) is 15.9 Å². The van der Waals surface area contributed by atoms with E-state index in [1.807, 2.05) is 38.4 Å². The van der Waals surface area contributed by atoms with Gasteiger partial charge in [0, 0.05) is 37.2 Å². The minimum absolute atomic E-state index is 0.0894. The summed E-state index contributed by atoms with van der Waals surface area (Å²) in [6, 6.07) is 7.90. The largest absolute Gasteiger partial charge is 0.444 e. The molecule has 1 amide bonds. The molecule has 0 aliphatic carbocycles. The molecule has 1 unspecified atom stereocenters. The lowest BCUT2D eigenvalue weighted by atomic mass is 9.96. The summed E-state index contributed by atoms with van der Waals surface area (Å²) in [5, 5.41) is 0. The van der Waals surface area contributed by atoms with Crippen LogP contribution in [0.4, 0.5) is 0 Å². The molecule has 5 nitrogen and oxygen atoms in total. The van der Waals surface area contributed by atoms with Crippen molar-refractivity contribution in [1.29, 1.82) is 0 Å². The van der Waals surface area contributed by atoms with Gasteiger partial charge in [0.2, 0.25) is 11.8 Å². The van der Waals surface area contributed by atoms with Gasteiger partial charge in [-0.3, -0.25) is 9.69 Å². The minimum Gasteiger partial charge on any atom is -0.444 e. The third-order valence-corrected chi connectivity index (χ3v) is 4.85. The second-order valence-electron chi connectivity index (χ2n) is 6.46. The number of oxazole rings is 1. The van der Waals surface area contributed by atoms with Crippen molar-refractivity contribution in [3.05, 3.63) is 40.7 Å². The number of halogens is 1. The fourth-order valence-corrected chi connectivity index (χ4v) is 3.36. The molecule has 24 heavy (non-hydrogen) atoms. The fourth-order valence-electron chi connectivity index (χ4n) is 3.10. The normalized spacial score (nSPS) is 18.5. The van der Waals surface area contributed by atoms with Gasteiger partial charge in [-0.25, -0.2) is 4.98 Å². The molecule has 0 radical (unpaired) electrons. The number of hydrogen-bond acceptors (Lipinski definition) is 4. The first kappa shape index (κ1) is 17.2. The second-order valence-corrected chi connectivity index (χ2v) is 7.37. The highest BCUT2D eigenvalue weighted by Crippen LogP contribution is 2.23. The van der Waals surface area contributed by atoms with Crippen molar-refractivity contribution in [3.63, 3.8) is 0 Å². The minimum atomic E-state index is 0.0894. The molecule has 1 atom stereocenters. The highest BCUT2D eigenvalue weighted by Gasteiger charge is 2.27. The van der Waals surface area contributed by atoms with E-state index in [1.54, 1.807) is 11.2 Å². The highest BCUT2D eigenvalue weighted by atomic mass is 79.9. The summed E-state index contributed by atoms with van der Waals surface area (Å²) in [7, 11) is 3.65. The monoisotopic (exact) mass is 391 g/mol. The van der Waals surface area contributed by atoms with E-state index in [0.717, 1.165) is 48.2 Å². The molecule has 1 fully saturated rings. The van der Waals surface area contributed by atoms with Gasteiger partial charge in [0.1, 0.15) is 6.26 Å². The molecule has 2 aromatic rings. The Balaban J connectivity index is 1.64. The molecule has 1 aliphatic heterocycles. The fraction of sp³-hybridized carbons (Fsp3) is 0.444. The maximum atomic E-state index is 12.2. The first-order chi connectivity index (χ1) is 11.5. The Morgan fingerprint density at radius 1 is 1.38 bits per heavy atom. The lowest BCUT2D eigenvalue weighted by Crippen LogP contribution is -2.42. The number of nitrogens with zero attached hydrogens (tertiary/aromatic N) is 3. The molecule has 1 saturated heterocycles. The molecule has 0 bridgehead atoms. The summed E-state index contributed by atoms with van der Waals surface area (Å²) in [6.45, 7) is 2.51. The first-order valence-electron chi connectivity index (χ1n) is 8.17. The van der Waals surface area contributed by atoms with Crippen molar-refractivity contribution in [2.45, 2.75) is 19.4 Å². The van der Waals surface area contributed by atoms with Crippen LogP contribution in [-0.4, -0.2) is 47.9 Å². The van der Waals surface area contributed by atoms with E-state index in [-0.39, 0.29) is 11.8 Å². The Kier molecular flexibility index (Phi) is 5.36. The van der Waals surface area contributed by atoms with Crippen LogP contribution in [0.15, 0.2) is 39.4 Å². The number of carbonyl (C=O) groups excluding carboxylic acids is 1. The lowest BCUT2D eigenvalue weighted by Gasteiger charge is -2.32. The Morgan fingerprint density at radius 2 is 2.12 bits per heavy atom. The molecule has 128 valence electrons. The summed E-state index contributed by atoms with van der Waals surface area (Å²) in [4.78, 5) is 20.7. The average Bonchev–Trinajstić information content (AvgIpc) is 3.03. The van der Waals surface area contributed by atoms with Crippen LogP contribution >= 0.6 is 15.9 Å². The topological polar surface area (TPSA) is 49.6 Å². The van der Waals surface area contributed by atoms with Crippen LogP contribution in [0.5, 0.6) is 0 Å². The Morgan fingerprint density at radius 3 is 2.83 bits per heavy atom. The quantitative estimate of drug-likeness (QED) is 0.800. The smallest absolute Gasteiger partial charge is 0.226 e. The van der Waals surface area contributed by atoms with Crippen LogP contribution in [0.2, 0.25) is 0 Å². The van der Waals surface area contributed by atoms with Crippen molar-refractivity contribution >= 4 is 21.8 Å². The van der Waals surface area contributed by atoms with E-state index in [2.05, 4.69) is 25.8 Å². The van der Waals surface area contributed by atoms with E-state index in [9.17, 15) is 4.79 Å². The molecule has 2 heterocycles. The van der Waals surface area contributed by atoms with E-state index >= 15 is 0 Å². The number of likely N-dealkylation sites (tertiary alicyclic amines) is 1. The van der Waals surface area contributed by atoms with E-state index in [1.165, 1.54) is 0 Å². The lowest BCUT2D eigenvalue weighted by molar-refractivity contribution is -0.134. The van der Waals surface area contributed by atoms with Gasteiger partial charge >= 0.3 is 0 Å². The first-order valence-corrected chi connectivity index (χ1v) is 8.96. The van der Waals surface area contributed by atoms with Crippen LogP contribution in [0.3, 0.4) is 0 Å². The van der Waals surface area contributed by atoms with Crippen LogP contribution < -0.4 is 0 Å². The molecule has 6 heteroatoms. The summed E-state index contributed by atoms with van der Waals surface area (Å²) in [6.07, 6.45) is 3.73. The molecule has 1 aromatic carbocycles. The third-order valence-electron chi connectivity index (χ3n) is 4.32. The van der Waals surface area contributed by atoms with Gasteiger partial charge < -0.3 is 9.32 Å². The number of rotatable bonds is 4. The maximum Gasteiger partial charge on any atom is 0.226 e. The number of aromatic nitrogens is 1. The van der Waals surface area contributed by atoms with Crippen molar-refractivity contribution in [1.82, 2.24) is 14.8 Å². The van der Waals surface area contributed by atoms with E-state index in [0.29, 0.717) is 5.89 Å². The maximum absolute atomic E-state index is 12.2. The predicted octanol–water partition coefficient (Wildman–Crippen LogP) is 3.40. The highest BCUT2D eigenvalue weighted by molar-refractivity contribution is 9.10. The van der Waals surface area contributed by atoms with Crippen molar-refractivity contribution in [2.75, 3.05) is 27.2 Å². The molecule has 1 aromatic heterocycles. The van der Waals surface area contributed by atoms with Gasteiger partial charge in [0.25, 0.3) is 0 Å². The Labute approximate surface area is 150 Å². The summed E-state index contributed by atoms with van der Waals surface area (Å²) < 4.78 is 6.65. The van der Waals surface area contributed by atoms with Crippen molar-refractivity contribution in [3.8, 4) is 11.5 Å². The summed E-state index contributed by atoms with van der Waals surface area (Å²) in [5.74, 6) is 0.942. The molecule has 0 spiro atoms. The Bertz CT molecular complexity index is 697. The van der Waals surface area contributed by atoms with E-state index in [4.69, 9.17) is 4.42 Å². The van der Waals surface area contributed by atoms with Gasteiger partial charge in [-0.15, -0.1) is 0 Å². The predicted molar refractivity (Wildman–Crippen MR) is 96.3 cm³/mol. The zero-order valence-corrected chi connectivity index (χ0v) is 15.6. The zero-order valence-electron chi connectivity index (χ0n) is 14.0. The van der Waals surface area contributed by atoms with Crippen LogP contribution in [0, 0.1) is 5.92 Å².